The van der Waals surface area contributed by atoms with Gasteiger partial charge in [0, 0.05) is 5.88 Å². The monoisotopic (exact) mass is 134 g/mol. The Morgan fingerprint density at radius 1 is 1.75 bits per heavy atom. The zero-order valence-corrected chi connectivity index (χ0v) is 5.56. The standard InChI is InChI=1S/C6H11ClO/c1-2-3-4-6(8)5-7/h2,6,8H,1,3-5H2. The molecule has 0 saturated carbocycles. The molecule has 48 valence electrons. The zero-order chi connectivity index (χ0) is 6.41. The zero-order valence-electron chi connectivity index (χ0n) is 4.81. The van der Waals surface area contributed by atoms with Crippen LogP contribution < -0.4 is 0 Å². The highest BCUT2D eigenvalue weighted by Crippen LogP contribution is 1.98. The number of aliphatic hydroxyl groups is 1. The smallest absolute Gasteiger partial charge is 0.0678 e. The highest BCUT2D eigenvalue weighted by Gasteiger charge is 1.97. The molecule has 0 amide bonds. The topological polar surface area (TPSA) is 20.2 Å². The Balaban J connectivity index is 2.97. The summed E-state index contributed by atoms with van der Waals surface area (Å²) in [7, 11) is 0. The van der Waals surface area contributed by atoms with E-state index in [0.717, 1.165) is 12.8 Å². The summed E-state index contributed by atoms with van der Waals surface area (Å²) < 4.78 is 0. The van der Waals surface area contributed by atoms with Gasteiger partial charge in [0.2, 0.25) is 0 Å². The maximum absolute atomic E-state index is 8.81. The molecule has 0 aromatic rings. The second-order valence-corrected chi connectivity index (χ2v) is 1.98. The van der Waals surface area contributed by atoms with Gasteiger partial charge in [-0.05, 0) is 12.8 Å². The molecule has 0 aromatic heterocycles. The number of aliphatic hydroxyl groups excluding tert-OH is 1. The number of hydrogen-bond acceptors (Lipinski definition) is 1. The van der Waals surface area contributed by atoms with E-state index < -0.39 is 0 Å². The van der Waals surface area contributed by atoms with Crippen molar-refractivity contribution in [2.75, 3.05) is 5.88 Å². The van der Waals surface area contributed by atoms with E-state index in [1.165, 1.54) is 0 Å². The van der Waals surface area contributed by atoms with Crippen LogP contribution in [0.25, 0.3) is 0 Å². The Kier molecular flexibility index (Phi) is 5.13. The summed E-state index contributed by atoms with van der Waals surface area (Å²) >= 11 is 5.30. The fraction of sp³-hybridized carbons (Fsp3) is 0.667. The normalized spacial score (nSPS) is 13.2. The molecule has 0 fully saturated rings. The van der Waals surface area contributed by atoms with Gasteiger partial charge in [0.1, 0.15) is 0 Å². The molecule has 1 nitrogen and oxygen atoms in total. The number of halogens is 1. The molecule has 0 bridgehead atoms. The van der Waals surface area contributed by atoms with E-state index in [0.29, 0.717) is 5.88 Å². The molecule has 0 aliphatic carbocycles. The number of alkyl halides is 1. The first kappa shape index (κ1) is 7.99. The van der Waals surface area contributed by atoms with Gasteiger partial charge in [-0.1, -0.05) is 6.08 Å². The molecule has 8 heavy (non-hydrogen) atoms. The summed E-state index contributed by atoms with van der Waals surface area (Å²) in [5, 5.41) is 8.81. The number of hydrogen-bond donors (Lipinski definition) is 1. The molecule has 1 unspecified atom stereocenters. The van der Waals surface area contributed by atoms with Crippen LogP contribution in [0.5, 0.6) is 0 Å². The summed E-state index contributed by atoms with van der Waals surface area (Å²) in [6.45, 7) is 3.51. The van der Waals surface area contributed by atoms with Crippen molar-refractivity contribution in [3.8, 4) is 0 Å². The molecule has 2 heteroatoms. The molecule has 0 rings (SSSR count). The molecular weight excluding hydrogens is 124 g/mol. The Morgan fingerprint density at radius 3 is 2.75 bits per heavy atom. The van der Waals surface area contributed by atoms with Crippen LogP contribution in [0.15, 0.2) is 12.7 Å². The highest BCUT2D eigenvalue weighted by atomic mass is 35.5. The van der Waals surface area contributed by atoms with Crippen molar-refractivity contribution in [1.29, 1.82) is 0 Å². The summed E-state index contributed by atoms with van der Waals surface area (Å²) in [5.74, 6) is 0.327. The third kappa shape index (κ3) is 4.16. The molecule has 0 saturated heterocycles. The Morgan fingerprint density at radius 2 is 2.38 bits per heavy atom. The Hall–Kier alpha value is -0.0100. The minimum atomic E-state index is -0.352. The molecule has 1 N–H and O–H groups in total. The van der Waals surface area contributed by atoms with Crippen LogP contribution in [-0.4, -0.2) is 17.1 Å². The van der Waals surface area contributed by atoms with E-state index >= 15 is 0 Å². The Labute approximate surface area is 55.0 Å². The van der Waals surface area contributed by atoms with E-state index in [4.69, 9.17) is 16.7 Å². The Bertz CT molecular complexity index is 63.5. The number of allylic oxidation sites excluding steroid dienone is 1. The predicted molar refractivity (Wildman–Crippen MR) is 36.2 cm³/mol. The van der Waals surface area contributed by atoms with Crippen molar-refractivity contribution in [3.63, 3.8) is 0 Å². The quantitative estimate of drug-likeness (QED) is 0.457. The fourth-order valence-electron chi connectivity index (χ4n) is 0.387. The third-order valence-electron chi connectivity index (χ3n) is 0.882. The van der Waals surface area contributed by atoms with Crippen LogP contribution in [0, 0.1) is 0 Å². The van der Waals surface area contributed by atoms with E-state index in [9.17, 15) is 0 Å². The maximum Gasteiger partial charge on any atom is 0.0678 e. The summed E-state index contributed by atoms with van der Waals surface area (Å²) in [6.07, 6.45) is 2.99. The molecule has 0 aromatic carbocycles. The first-order chi connectivity index (χ1) is 3.81. The lowest BCUT2D eigenvalue weighted by molar-refractivity contribution is 0.189. The minimum Gasteiger partial charge on any atom is -0.392 e. The first-order valence-electron chi connectivity index (χ1n) is 2.66. The highest BCUT2D eigenvalue weighted by molar-refractivity contribution is 6.18. The molecule has 0 aliphatic rings. The van der Waals surface area contributed by atoms with Gasteiger partial charge < -0.3 is 5.11 Å². The van der Waals surface area contributed by atoms with Crippen LogP contribution in [0.2, 0.25) is 0 Å². The lowest BCUT2D eigenvalue weighted by Crippen LogP contribution is -2.06. The van der Waals surface area contributed by atoms with Gasteiger partial charge in [0.15, 0.2) is 0 Å². The average molecular weight is 135 g/mol. The molecule has 0 spiro atoms. The summed E-state index contributed by atoms with van der Waals surface area (Å²) in [5.41, 5.74) is 0. The molecule has 0 aliphatic heterocycles. The van der Waals surface area contributed by atoms with Crippen LogP contribution in [-0.2, 0) is 0 Å². The largest absolute Gasteiger partial charge is 0.392 e. The molecule has 1 atom stereocenters. The van der Waals surface area contributed by atoms with E-state index in [-0.39, 0.29) is 6.10 Å². The van der Waals surface area contributed by atoms with Gasteiger partial charge in [0.25, 0.3) is 0 Å². The van der Waals surface area contributed by atoms with Crippen molar-refractivity contribution in [1.82, 2.24) is 0 Å². The summed E-state index contributed by atoms with van der Waals surface area (Å²) in [6, 6.07) is 0. The van der Waals surface area contributed by atoms with Crippen molar-refractivity contribution in [2.45, 2.75) is 18.9 Å². The van der Waals surface area contributed by atoms with Gasteiger partial charge in [-0.15, -0.1) is 18.2 Å². The average Bonchev–Trinajstić information content (AvgIpc) is 1.83. The maximum atomic E-state index is 8.81. The van der Waals surface area contributed by atoms with Crippen molar-refractivity contribution < 1.29 is 5.11 Å². The molecule has 0 radical (unpaired) electrons. The summed E-state index contributed by atoms with van der Waals surface area (Å²) in [4.78, 5) is 0. The van der Waals surface area contributed by atoms with Crippen molar-refractivity contribution >= 4 is 11.6 Å². The number of rotatable bonds is 4. The van der Waals surface area contributed by atoms with Gasteiger partial charge in [0.05, 0.1) is 6.10 Å². The predicted octanol–water partition coefficient (Wildman–Crippen LogP) is 1.55. The van der Waals surface area contributed by atoms with Crippen molar-refractivity contribution in [3.05, 3.63) is 12.7 Å². The second kappa shape index (κ2) is 5.13. The van der Waals surface area contributed by atoms with Crippen molar-refractivity contribution in [2.24, 2.45) is 0 Å². The second-order valence-electron chi connectivity index (χ2n) is 1.67. The van der Waals surface area contributed by atoms with Crippen LogP contribution >= 0.6 is 11.6 Å². The van der Waals surface area contributed by atoms with Gasteiger partial charge >= 0.3 is 0 Å². The van der Waals surface area contributed by atoms with Gasteiger partial charge in [-0.2, -0.15) is 0 Å². The van der Waals surface area contributed by atoms with E-state index in [1.807, 2.05) is 0 Å². The minimum absolute atomic E-state index is 0.327. The van der Waals surface area contributed by atoms with E-state index in [2.05, 4.69) is 6.58 Å². The fourth-order valence-corrected chi connectivity index (χ4v) is 0.542. The lowest BCUT2D eigenvalue weighted by atomic mass is 10.2. The molecular formula is C6H11ClO. The van der Waals surface area contributed by atoms with Crippen LogP contribution in [0.3, 0.4) is 0 Å². The lowest BCUT2D eigenvalue weighted by Gasteiger charge is -2.01. The van der Waals surface area contributed by atoms with Crippen LogP contribution in [0.4, 0.5) is 0 Å². The third-order valence-corrected chi connectivity index (χ3v) is 1.24. The SMILES string of the molecule is C=CCCC(O)CCl. The first-order valence-corrected chi connectivity index (χ1v) is 3.19. The van der Waals surface area contributed by atoms with Gasteiger partial charge in [-0.25, -0.2) is 0 Å². The van der Waals surface area contributed by atoms with E-state index in [1.54, 1.807) is 6.08 Å². The van der Waals surface area contributed by atoms with Crippen LogP contribution in [0.1, 0.15) is 12.8 Å². The molecule has 0 heterocycles. The van der Waals surface area contributed by atoms with Gasteiger partial charge in [-0.3, -0.25) is 0 Å².